The number of unbranched alkanes of at least 4 members (excludes halogenated alkanes) is 13. The average molecular weight is 294 g/mol. The van der Waals surface area contributed by atoms with Gasteiger partial charge in [0.1, 0.15) is 0 Å². The quantitative estimate of drug-likeness (QED) is 0.250. The minimum Gasteiger partial charge on any atom is -0.331 e. The molecule has 0 aromatic rings. The zero-order valence-electron chi connectivity index (χ0n) is 22.6. The van der Waals surface area contributed by atoms with Crippen LogP contribution in [0.3, 0.4) is 0 Å². The molecule has 0 aromatic carbocycles. The van der Waals surface area contributed by atoms with Gasteiger partial charge in [0.25, 0.3) is 0 Å². The maximum Gasteiger partial charge on any atom is 0.0886 e. The molecule has 122 valence electrons. The Morgan fingerprint density at radius 3 is 1.25 bits per heavy atom. The second-order valence-corrected chi connectivity index (χ2v) is 6.13. The molecule has 1 nitrogen and oxygen atoms in total. The summed E-state index contributed by atoms with van der Waals surface area (Å²) in [7, 11) is 0. The number of hydrogen-bond acceptors (Lipinski definition) is 0. The van der Waals surface area contributed by atoms with E-state index in [0.29, 0.717) is 6.42 Å². The zero-order valence-corrected chi connectivity index (χ0v) is 13.6. The van der Waals surface area contributed by atoms with Gasteiger partial charge in [-0.2, -0.15) is 0 Å². The van der Waals surface area contributed by atoms with Crippen LogP contribution < -0.4 is 0 Å². The maximum atomic E-state index is 7.61. The molecule has 0 spiro atoms. The average Bonchev–Trinajstić information content (AvgIpc) is 2.54. The highest BCUT2D eigenvalue weighted by atomic mass is 15.3. The van der Waals surface area contributed by atoms with Crippen LogP contribution in [0.25, 0.3) is 0 Å². The molecule has 20 heavy (non-hydrogen) atoms. The number of quaternary nitrogens is 1. The van der Waals surface area contributed by atoms with Gasteiger partial charge in [-0.1, -0.05) is 84.0 Å². The molecule has 0 unspecified atom stereocenters. The van der Waals surface area contributed by atoms with Gasteiger partial charge in [-0.25, -0.2) is 0 Å². The fraction of sp³-hybridized carbons (Fsp3) is 1.00. The lowest BCUT2D eigenvalue weighted by Gasteiger charge is -2.23. The normalized spacial score (nSPS) is 20.6. The van der Waals surface area contributed by atoms with Crippen LogP contribution in [-0.2, 0) is 0 Å². The first-order valence-corrected chi connectivity index (χ1v) is 8.69. The third-order valence-electron chi connectivity index (χ3n) is 3.85. The largest absolute Gasteiger partial charge is 0.331 e. The smallest absolute Gasteiger partial charge is 0.0886 e. The van der Waals surface area contributed by atoms with E-state index in [0.717, 1.165) is 19.3 Å². The molecule has 1 heteroatoms. The summed E-state index contributed by atoms with van der Waals surface area (Å²) in [6.45, 7) is -7.52. The van der Waals surface area contributed by atoms with Crippen molar-refractivity contribution in [1.29, 1.82) is 0 Å². The van der Waals surface area contributed by atoms with E-state index >= 15 is 0 Å². The van der Waals surface area contributed by atoms with E-state index in [1.165, 1.54) is 57.8 Å². The van der Waals surface area contributed by atoms with Crippen molar-refractivity contribution < 1.29 is 16.8 Å². The summed E-state index contributed by atoms with van der Waals surface area (Å²) in [6, 6.07) is 0. The topological polar surface area (TPSA) is 0 Å². The van der Waals surface area contributed by atoms with Crippen molar-refractivity contribution >= 4 is 0 Å². The molecule has 0 radical (unpaired) electrons. The molecular weight excluding hydrogens is 242 g/mol. The zero-order chi connectivity index (χ0) is 22.6. The predicted molar refractivity (Wildman–Crippen MR) is 93.2 cm³/mol. The summed E-state index contributed by atoms with van der Waals surface area (Å²) in [6.07, 6.45) is 15.6. The van der Waals surface area contributed by atoms with E-state index in [-0.39, 0.29) is 13.0 Å². The molecule has 0 aliphatic carbocycles. The summed E-state index contributed by atoms with van der Waals surface area (Å²) >= 11 is 0. The Labute approximate surface area is 142 Å². The molecule has 0 saturated carbocycles. The molecule has 0 saturated heterocycles. The lowest BCUT2D eigenvalue weighted by atomic mass is 10.0. The summed E-state index contributed by atoms with van der Waals surface area (Å²) in [4.78, 5) is 0. The minimum atomic E-state index is -3.12. The van der Waals surface area contributed by atoms with Crippen molar-refractivity contribution in [3.63, 3.8) is 0 Å². The molecule has 0 rings (SSSR count). The first-order chi connectivity index (χ1) is 13.3. The molecule has 0 amide bonds. The van der Waals surface area contributed by atoms with Crippen molar-refractivity contribution in [2.45, 2.75) is 96.8 Å². The molecule has 0 aliphatic rings. The van der Waals surface area contributed by atoms with Gasteiger partial charge in [-0.15, -0.1) is 0 Å². The van der Waals surface area contributed by atoms with Crippen molar-refractivity contribution in [2.75, 3.05) is 27.5 Å². The van der Waals surface area contributed by atoms with Gasteiger partial charge in [0.15, 0.2) is 0 Å². The van der Waals surface area contributed by atoms with E-state index in [9.17, 15) is 0 Å². The van der Waals surface area contributed by atoms with Gasteiger partial charge in [0.05, 0.1) is 39.8 Å². The monoisotopic (exact) mass is 293 g/mol. The number of nitrogens with zero attached hydrogens (tertiary/aromatic N) is 1. The summed E-state index contributed by atoms with van der Waals surface area (Å²) in [5.74, 6) is 0. The third-order valence-corrected chi connectivity index (χ3v) is 3.85. The first kappa shape index (κ1) is 9.18. The summed E-state index contributed by atoms with van der Waals surface area (Å²) in [5, 5.41) is 0. The molecular formula is C19H42N+. The second-order valence-electron chi connectivity index (χ2n) is 6.13. The standard InChI is InChI=1S/C19H42N/c1-5-6-7-8-9-10-11-12-13-14-15-16-17-18-19-20(2,3)4/h5-19H2,1-4H3/q+1/i2D3,3D3,4D3. The van der Waals surface area contributed by atoms with Gasteiger partial charge in [-0.3, -0.25) is 0 Å². The highest BCUT2D eigenvalue weighted by Crippen LogP contribution is 2.13. The Kier molecular flexibility index (Phi) is 6.39. The Hall–Kier alpha value is -0.0400. The van der Waals surface area contributed by atoms with Crippen molar-refractivity contribution in [1.82, 2.24) is 0 Å². The van der Waals surface area contributed by atoms with Crippen LogP contribution in [0.5, 0.6) is 0 Å². The highest BCUT2D eigenvalue weighted by molar-refractivity contribution is 4.49. The Bertz CT molecular complexity index is 377. The van der Waals surface area contributed by atoms with Gasteiger partial charge in [0.2, 0.25) is 0 Å². The van der Waals surface area contributed by atoms with Crippen LogP contribution in [0.1, 0.15) is 109 Å². The SMILES string of the molecule is [2H]C([2H])([2H])[N+](CCCCCCCCCCCCCCCC)(C([2H])([2H])[2H])C([2H])([2H])[2H]. The van der Waals surface area contributed by atoms with E-state index in [1.54, 1.807) is 0 Å². The maximum absolute atomic E-state index is 7.61. The van der Waals surface area contributed by atoms with Crippen LogP contribution in [0.4, 0.5) is 0 Å². The fourth-order valence-electron chi connectivity index (χ4n) is 2.54. The van der Waals surface area contributed by atoms with E-state index in [2.05, 4.69) is 6.92 Å². The minimum absolute atomic E-state index is 0.285. The predicted octanol–water partition coefficient (Wildman–Crippen LogP) is 6.17. The molecule has 0 heterocycles. The van der Waals surface area contributed by atoms with Crippen molar-refractivity contribution in [3.8, 4) is 0 Å². The Morgan fingerprint density at radius 1 is 0.550 bits per heavy atom. The van der Waals surface area contributed by atoms with Crippen LogP contribution in [0.2, 0.25) is 0 Å². The van der Waals surface area contributed by atoms with Crippen LogP contribution >= 0.6 is 0 Å². The van der Waals surface area contributed by atoms with Crippen molar-refractivity contribution in [2.24, 2.45) is 0 Å². The van der Waals surface area contributed by atoms with Gasteiger partial charge in [0, 0.05) is 0 Å². The number of hydrogen-bond donors (Lipinski definition) is 0. The Morgan fingerprint density at radius 2 is 0.900 bits per heavy atom. The van der Waals surface area contributed by atoms with Gasteiger partial charge >= 0.3 is 0 Å². The third kappa shape index (κ3) is 18.0. The summed E-state index contributed by atoms with van der Waals surface area (Å²) < 4.78 is 66.7. The van der Waals surface area contributed by atoms with Crippen LogP contribution in [0, 0.1) is 0 Å². The van der Waals surface area contributed by atoms with Crippen molar-refractivity contribution in [3.05, 3.63) is 0 Å². The van der Waals surface area contributed by atoms with Crippen LogP contribution in [-0.4, -0.2) is 32.0 Å². The summed E-state index contributed by atoms with van der Waals surface area (Å²) in [5.41, 5.74) is 0. The lowest BCUT2D eigenvalue weighted by molar-refractivity contribution is -0.870. The first-order valence-electron chi connectivity index (χ1n) is 13.2. The second kappa shape index (κ2) is 13.9. The molecule has 0 N–H and O–H groups in total. The highest BCUT2D eigenvalue weighted by Gasteiger charge is 2.04. The number of rotatable bonds is 15. The molecule has 0 bridgehead atoms. The Balaban J connectivity index is 4.10. The molecule has 0 aromatic heterocycles. The van der Waals surface area contributed by atoms with E-state index < -0.39 is 25.4 Å². The fourth-order valence-corrected chi connectivity index (χ4v) is 2.54. The van der Waals surface area contributed by atoms with Crippen LogP contribution in [0.15, 0.2) is 0 Å². The van der Waals surface area contributed by atoms with Gasteiger partial charge in [-0.05, 0) is 12.8 Å². The molecule has 0 fully saturated rings. The molecule has 0 atom stereocenters. The molecule has 0 aliphatic heterocycles. The van der Waals surface area contributed by atoms with E-state index in [4.69, 9.17) is 12.3 Å². The van der Waals surface area contributed by atoms with E-state index in [1.807, 2.05) is 0 Å². The van der Waals surface area contributed by atoms with Gasteiger partial charge < -0.3 is 4.48 Å². The lowest BCUT2D eigenvalue weighted by Crippen LogP contribution is -2.35.